The number of esters is 1. The number of thioether (sulfide) groups is 1. The standard InChI is InChI=1S/C31H31Cl2F2N3O8S2/c1-36(2)28(39)19-5-8-21(9-6-19)48(42,43)38-11-12-47-29(38)30(40)45-26(14-22-23(32)15-37(41)16-24(22)33)20-7-10-25(46-31(34)35)27(13-20)44-17-18-3-4-18/h5-10,13,15-16,18,26,29,31H,3-4,11-12,14,17H2,1-2H3/t26-,29?/m0/s1. The van der Waals surface area contributed by atoms with Crippen LogP contribution in [0.2, 0.25) is 10.0 Å². The number of halogens is 4. The molecule has 2 heterocycles. The molecule has 1 aliphatic heterocycles. The number of pyridine rings is 1. The van der Waals surface area contributed by atoms with Gasteiger partial charge in [-0.15, -0.1) is 11.8 Å². The van der Waals surface area contributed by atoms with Gasteiger partial charge < -0.3 is 24.3 Å². The molecule has 2 aliphatic rings. The maximum absolute atomic E-state index is 13.8. The molecular formula is C31H31Cl2F2N3O8S2. The Kier molecular flexibility index (Phi) is 11.2. The fraction of sp³-hybridized carbons (Fsp3) is 0.387. The lowest BCUT2D eigenvalue weighted by atomic mass is 10.0. The highest BCUT2D eigenvalue weighted by atomic mass is 35.5. The Morgan fingerprint density at radius 2 is 1.75 bits per heavy atom. The Hall–Kier alpha value is -3.37. The van der Waals surface area contributed by atoms with E-state index in [9.17, 15) is 32.0 Å². The van der Waals surface area contributed by atoms with Gasteiger partial charge in [0.2, 0.25) is 10.0 Å². The van der Waals surface area contributed by atoms with E-state index in [1.165, 1.54) is 47.4 Å². The second-order valence-corrected chi connectivity index (χ2v) is 15.2. The van der Waals surface area contributed by atoms with Crippen molar-refractivity contribution in [3.63, 3.8) is 0 Å². The number of hydrogen-bond donors (Lipinski definition) is 0. The van der Waals surface area contributed by atoms with Gasteiger partial charge in [-0.25, -0.2) is 13.2 Å². The summed E-state index contributed by atoms with van der Waals surface area (Å²) in [6, 6.07) is 9.46. The number of carbonyl (C=O) groups excluding carboxylic acids is 2. The third-order valence-corrected chi connectivity index (χ3v) is 11.4. The van der Waals surface area contributed by atoms with Crippen LogP contribution < -0.4 is 14.2 Å². The number of rotatable bonds is 13. The van der Waals surface area contributed by atoms with Crippen LogP contribution in [-0.2, 0) is 26.0 Å². The summed E-state index contributed by atoms with van der Waals surface area (Å²) in [5, 5.41) is 10.6. The van der Waals surface area contributed by atoms with Gasteiger partial charge >= 0.3 is 12.6 Å². The van der Waals surface area contributed by atoms with Crippen LogP contribution in [0.3, 0.4) is 0 Å². The van der Waals surface area contributed by atoms with Gasteiger partial charge in [-0.3, -0.25) is 4.79 Å². The number of ether oxygens (including phenoxy) is 3. The summed E-state index contributed by atoms with van der Waals surface area (Å²) in [7, 11) is -1.06. The lowest BCUT2D eigenvalue weighted by Crippen LogP contribution is -2.40. The molecule has 258 valence electrons. The zero-order chi connectivity index (χ0) is 34.7. The van der Waals surface area contributed by atoms with Crippen molar-refractivity contribution in [3.8, 4) is 11.5 Å². The summed E-state index contributed by atoms with van der Waals surface area (Å²) in [5.74, 6) is -0.856. The Balaban J connectivity index is 1.45. The van der Waals surface area contributed by atoms with Crippen LogP contribution in [0.25, 0.3) is 0 Å². The van der Waals surface area contributed by atoms with Crippen molar-refractivity contribution in [2.24, 2.45) is 5.92 Å². The summed E-state index contributed by atoms with van der Waals surface area (Å²) in [6.07, 6.45) is 2.68. The van der Waals surface area contributed by atoms with E-state index in [1.807, 2.05) is 0 Å². The fourth-order valence-corrected chi connectivity index (χ4v) is 8.56. The second-order valence-electron chi connectivity index (χ2n) is 11.3. The second kappa shape index (κ2) is 15.0. The molecular weight excluding hydrogens is 715 g/mol. The van der Waals surface area contributed by atoms with E-state index >= 15 is 0 Å². The van der Waals surface area contributed by atoms with Crippen molar-refractivity contribution < 1.29 is 45.7 Å². The van der Waals surface area contributed by atoms with Gasteiger partial charge in [0.05, 0.1) is 11.5 Å². The van der Waals surface area contributed by atoms with E-state index < -0.39 is 34.1 Å². The van der Waals surface area contributed by atoms with Crippen LogP contribution in [0.15, 0.2) is 59.8 Å². The van der Waals surface area contributed by atoms with Gasteiger partial charge in [-0.05, 0) is 60.7 Å². The molecule has 48 heavy (non-hydrogen) atoms. The van der Waals surface area contributed by atoms with Crippen molar-refractivity contribution in [3.05, 3.63) is 86.8 Å². The Morgan fingerprint density at radius 1 is 1.08 bits per heavy atom. The lowest BCUT2D eigenvalue weighted by Gasteiger charge is -2.26. The summed E-state index contributed by atoms with van der Waals surface area (Å²) < 4.78 is 71.6. The van der Waals surface area contributed by atoms with Gasteiger partial charge in [-0.2, -0.15) is 17.8 Å². The first-order valence-electron chi connectivity index (χ1n) is 14.7. The van der Waals surface area contributed by atoms with Crippen LogP contribution in [0, 0.1) is 11.1 Å². The predicted molar refractivity (Wildman–Crippen MR) is 174 cm³/mol. The Bertz CT molecular complexity index is 1760. The van der Waals surface area contributed by atoms with Crippen LogP contribution >= 0.6 is 35.0 Å². The van der Waals surface area contributed by atoms with Crippen molar-refractivity contribution in [2.75, 3.05) is 33.0 Å². The quantitative estimate of drug-likeness (QED) is 0.130. The third-order valence-electron chi connectivity index (χ3n) is 7.60. The minimum absolute atomic E-state index is 0.000884. The van der Waals surface area contributed by atoms with Gasteiger partial charge in [0.15, 0.2) is 29.3 Å². The molecule has 1 saturated heterocycles. The van der Waals surface area contributed by atoms with Crippen molar-refractivity contribution in [1.29, 1.82) is 0 Å². The van der Waals surface area contributed by atoms with E-state index in [1.54, 1.807) is 14.1 Å². The molecule has 0 N–H and O–H groups in total. The predicted octanol–water partition coefficient (Wildman–Crippen LogP) is 5.31. The summed E-state index contributed by atoms with van der Waals surface area (Å²) in [4.78, 5) is 27.3. The number of hydrogen-bond acceptors (Lipinski definition) is 9. The van der Waals surface area contributed by atoms with Crippen molar-refractivity contribution >= 4 is 56.9 Å². The molecule has 0 bridgehead atoms. The molecule has 1 aromatic heterocycles. The number of aromatic nitrogens is 1. The molecule has 1 unspecified atom stereocenters. The fourth-order valence-electron chi connectivity index (χ4n) is 4.91. The topological polar surface area (TPSA) is 129 Å². The maximum atomic E-state index is 13.8. The molecule has 2 aromatic carbocycles. The third kappa shape index (κ3) is 8.43. The van der Waals surface area contributed by atoms with E-state index in [0.29, 0.717) is 21.6 Å². The van der Waals surface area contributed by atoms with Crippen molar-refractivity contribution in [2.45, 2.75) is 42.2 Å². The molecule has 2 fully saturated rings. The minimum Gasteiger partial charge on any atom is -0.619 e. The summed E-state index contributed by atoms with van der Waals surface area (Å²) >= 11 is 13.8. The molecule has 1 aliphatic carbocycles. The van der Waals surface area contributed by atoms with Gasteiger partial charge in [0.25, 0.3) is 5.91 Å². The number of benzene rings is 2. The van der Waals surface area contributed by atoms with Crippen LogP contribution in [0.1, 0.15) is 40.4 Å². The molecule has 0 radical (unpaired) electrons. The SMILES string of the molecule is CN(C)C(=O)c1ccc(S(=O)(=O)N2CCSC2C(=O)O[C@@H](Cc2c(Cl)c[n+]([O-])cc2Cl)c2ccc(OC(F)F)c(OCC3CC3)c2)cc1. The average molecular weight is 747 g/mol. The first-order chi connectivity index (χ1) is 22.7. The molecule has 1 amide bonds. The number of amides is 1. The van der Waals surface area contributed by atoms with E-state index in [-0.39, 0.29) is 63.4 Å². The molecule has 0 spiro atoms. The smallest absolute Gasteiger partial charge is 0.387 e. The molecule has 17 heteroatoms. The summed E-state index contributed by atoms with van der Waals surface area (Å²) in [5.41, 5.74) is 0.840. The zero-order valence-electron chi connectivity index (χ0n) is 25.7. The van der Waals surface area contributed by atoms with Crippen molar-refractivity contribution in [1.82, 2.24) is 9.21 Å². The number of carbonyl (C=O) groups is 2. The largest absolute Gasteiger partial charge is 0.619 e. The average Bonchev–Trinajstić information content (AvgIpc) is 3.72. The highest BCUT2D eigenvalue weighted by Gasteiger charge is 2.42. The molecule has 3 aromatic rings. The number of sulfonamides is 1. The van der Waals surface area contributed by atoms with Crippen LogP contribution in [0.5, 0.6) is 11.5 Å². The van der Waals surface area contributed by atoms with E-state index in [4.69, 9.17) is 32.7 Å². The van der Waals surface area contributed by atoms with E-state index in [0.717, 1.165) is 41.3 Å². The number of alkyl halides is 2. The summed E-state index contributed by atoms with van der Waals surface area (Å²) in [6.45, 7) is -2.84. The molecule has 2 atom stereocenters. The minimum atomic E-state index is -4.21. The monoisotopic (exact) mass is 745 g/mol. The van der Waals surface area contributed by atoms with Gasteiger partial charge in [0.1, 0.15) is 16.1 Å². The first kappa shape index (κ1) is 35.9. The zero-order valence-corrected chi connectivity index (χ0v) is 28.8. The Labute approximate surface area is 290 Å². The van der Waals surface area contributed by atoms with Crippen LogP contribution in [0.4, 0.5) is 8.78 Å². The molecule has 5 rings (SSSR count). The maximum Gasteiger partial charge on any atom is 0.387 e. The van der Waals surface area contributed by atoms with Gasteiger partial charge in [0, 0.05) is 43.9 Å². The Morgan fingerprint density at radius 3 is 2.35 bits per heavy atom. The first-order valence-corrected chi connectivity index (χ1v) is 17.9. The van der Waals surface area contributed by atoms with Gasteiger partial charge in [-0.1, -0.05) is 29.3 Å². The van der Waals surface area contributed by atoms with Crippen LogP contribution in [-0.4, -0.2) is 74.5 Å². The normalized spacial score (nSPS) is 17.3. The molecule has 11 nitrogen and oxygen atoms in total. The lowest BCUT2D eigenvalue weighted by molar-refractivity contribution is -0.605. The molecule has 1 saturated carbocycles. The number of nitrogens with zero attached hydrogens (tertiary/aromatic N) is 3. The highest BCUT2D eigenvalue weighted by Crippen LogP contribution is 2.39. The van der Waals surface area contributed by atoms with E-state index in [2.05, 4.69) is 4.74 Å². The highest BCUT2D eigenvalue weighted by molar-refractivity contribution is 8.02.